The van der Waals surface area contributed by atoms with Crippen molar-refractivity contribution in [3.63, 3.8) is 0 Å². The van der Waals surface area contributed by atoms with Crippen LogP contribution in [0.4, 0.5) is 4.79 Å². The fraction of sp³-hybridized carbons (Fsp3) is 0.278. The number of urea groups is 1. The van der Waals surface area contributed by atoms with Crippen molar-refractivity contribution in [1.29, 1.82) is 0 Å². The molecule has 2 aromatic carbocycles. The molecule has 2 aromatic rings. The third-order valence-corrected chi connectivity index (χ3v) is 4.57. The van der Waals surface area contributed by atoms with Crippen LogP contribution in [0.3, 0.4) is 0 Å². The van der Waals surface area contributed by atoms with Gasteiger partial charge in [0.05, 0.1) is 6.04 Å². The van der Waals surface area contributed by atoms with Crippen molar-refractivity contribution in [2.45, 2.75) is 23.9 Å². The number of ether oxygens (including phenoxy) is 1. The first-order valence-corrected chi connectivity index (χ1v) is 8.85. The van der Waals surface area contributed by atoms with E-state index in [1.165, 1.54) is 4.90 Å². The Bertz CT molecular complexity index is 673. The molecule has 3 rings (SSSR count). The van der Waals surface area contributed by atoms with Gasteiger partial charge in [-0.15, -0.1) is 11.8 Å². The fourth-order valence-electron chi connectivity index (χ4n) is 2.58. The minimum atomic E-state index is -0.160. The predicted molar refractivity (Wildman–Crippen MR) is 93.0 cm³/mol. The van der Waals surface area contributed by atoms with Crippen molar-refractivity contribution >= 4 is 17.8 Å². The van der Waals surface area contributed by atoms with Crippen LogP contribution < -0.4 is 15.4 Å². The Morgan fingerprint density at radius 2 is 2.00 bits per heavy atom. The summed E-state index contributed by atoms with van der Waals surface area (Å²) in [5, 5.41) is 5.87. The Kier molecular flexibility index (Phi) is 5.08. The van der Waals surface area contributed by atoms with Gasteiger partial charge in [0.2, 0.25) is 0 Å². The van der Waals surface area contributed by atoms with E-state index in [4.69, 9.17) is 4.74 Å². The van der Waals surface area contributed by atoms with Gasteiger partial charge >= 0.3 is 6.03 Å². The third kappa shape index (κ3) is 4.20. The van der Waals surface area contributed by atoms with E-state index in [0.717, 1.165) is 23.3 Å². The Balaban J connectivity index is 1.48. The molecule has 5 heteroatoms. The number of fused-ring (bicyclic) bond motifs is 1. The molecular weight excluding hydrogens is 308 g/mol. The van der Waals surface area contributed by atoms with Gasteiger partial charge in [-0.1, -0.05) is 30.3 Å². The Morgan fingerprint density at radius 3 is 2.78 bits per heavy atom. The van der Waals surface area contributed by atoms with Gasteiger partial charge in [-0.2, -0.15) is 0 Å². The van der Waals surface area contributed by atoms with Gasteiger partial charge in [-0.25, -0.2) is 4.79 Å². The van der Waals surface area contributed by atoms with Crippen molar-refractivity contribution < 1.29 is 9.53 Å². The number of carbonyl (C=O) groups is 1. The van der Waals surface area contributed by atoms with Crippen LogP contribution in [-0.2, 0) is 13.0 Å². The number of para-hydroxylation sites is 1. The SMILES string of the molecule is CSc1ccc(CNC(=O)NC2COc3ccccc3C2)cc1. The summed E-state index contributed by atoms with van der Waals surface area (Å²) < 4.78 is 5.68. The third-order valence-electron chi connectivity index (χ3n) is 3.83. The smallest absolute Gasteiger partial charge is 0.315 e. The van der Waals surface area contributed by atoms with E-state index in [-0.39, 0.29) is 12.1 Å². The van der Waals surface area contributed by atoms with Gasteiger partial charge in [0.1, 0.15) is 12.4 Å². The highest BCUT2D eigenvalue weighted by molar-refractivity contribution is 7.98. The normalized spacial score (nSPS) is 16.1. The molecule has 0 radical (unpaired) electrons. The van der Waals surface area contributed by atoms with Crippen LogP contribution in [0.25, 0.3) is 0 Å². The Hall–Kier alpha value is -2.14. The van der Waals surface area contributed by atoms with Crippen LogP contribution in [0.5, 0.6) is 5.75 Å². The summed E-state index contributed by atoms with van der Waals surface area (Å²) >= 11 is 1.71. The van der Waals surface area contributed by atoms with Gasteiger partial charge in [-0.05, 0) is 42.0 Å². The lowest BCUT2D eigenvalue weighted by Gasteiger charge is -2.26. The Labute approximate surface area is 140 Å². The second kappa shape index (κ2) is 7.42. The van der Waals surface area contributed by atoms with Gasteiger partial charge in [-0.3, -0.25) is 0 Å². The summed E-state index contributed by atoms with van der Waals surface area (Å²) in [7, 11) is 0. The molecule has 0 fully saturated rings. The Morgan fingerprint density at radius 1 is 1.22 bits per heavy atom. The highest BCUT2D eigenvalue weighted by Crippen LogP contribution is 2.23. The lowest BCUT2D eigenvalue weighted by Crippen LogP contribution is -2.47. The minimum absolute atomic E-state index is 0.00349. The van der Waals surface area contributed by atoms with Crippen molar-refractivity contribution in [1.82, 2.24) is 10.6 Å². The molecule has 0 aromatic heterocycles. The van der Waals surface area contributed by atoms with Crippen molar-refractivity contribution in [3.05, 3.63) is 59.7 Å². The second-order valence-corrected chi connectivity index (χ2v) is 6.37. The zero-order valence-corrected chi connectivity index (χ0v) is 13.9. The van der Waals surface area contributed by atoms with E-state index in [0.29, 0.717) is 13.2 Å². The standard InChI is InChI=1S/C18H20N2O2S/c1-23-16-8-6-13(7-9-16)11-19-18(21)20-15-10-14-4-2-3-5-17(14)22-12-15/h2-9,15H,10-12H2,1H3,(H2,19,20,21). The number of nitrogens with one attached hydrogen (secondary N) is 2. The van der Waals surface area contributed by atoms with Gasteiger partial charge < -0.3 is 15.4 Å². The van der Waals surface area contributed by atoms with Crippen LogP contribution in [0.1, 0.15) is 11.1 Å². The van der Waals surface area contributed by atoms with Crippen LogP contribution in [0, 0.1) is 0 Å². The van der Waals surface area contributed by atoms with Gasteiger partial charge in [0.15, 0.2) is 0 Å². The van der Waals surface area contributed by atoms with E-state index < -0.39 is 0 Å². The number of hydrogen-bond donors (Lipinski definition) is 2. The number of carbonyl (C=O) groups excluding carboxylic acids is 1. The lowest BCUT2D eigenvalue weighted by atomic mass is 10.0. The number of thioether (sulfide) groups is 1. The molecule has 1 atom stereocenters. The molecule has 0 bridgehead atoms. The molecule has 4 nitrogen and oxygen atoms in total. The quantitative estimate of drug-likeness (QED) is 0.847. The van der Waals surface area contributed by atoms with E-state index in [2.05, 4.69) is 22.8 Å². The van der Waals surface area contributed by atoms with Gasteiger partial charge in [0, 0.05) is 11.4 Å². The van der Waals surface area contributed by atoms with Crippen molar-refractivity contribution in [2.75, 3.05) is 12.9 Å². The largest absolute Gasteiger partial charge is 0.491 e. The molecule has 2 N–H and O–H groups in total. The number of amides is 2. The summed E-state index contributed by atoms with van der Waals surface area (Å²) in [6.45, 7) is 1.03. The molecule has 120 valence electrons. The molecule has 0 spiro atoms. The van der Waals surface area contributed by atoms with E-state index in [9.17, 15) is 4.79 Å². The van der Waals surface area contributed by atoms with Gasteiger partial charge in [0.25, 0.3) is 0 Å². The number of benzene rings is 2. The molecule has 23 heavy (non-hydrogen) atoms. The zero-order valence-electron chi connectivity index (χ0n) is 13.0. The van der Waals surface area contributed by atoms with Crippen LogP contribution in [0.15, 0.2) is 53.4 Å². The molecular formula is C18H20N2O2S. The highest BCUT2D eigenvalue weighted by atomic mass is 32.2. The van der Waals surface area contributed by atoms with E-state index in [1.807, 2.05) is 42.7 Å². The fourth-order valence-corrected chi connectivity index (χ4v) is 2.99. The monoisotopic (exact) mass is 328 g/mol. The van der Waals surface area contributed by atoms with E-state index in [1.54, 1.807) is 11.8 Å². The van der Waals surface area contributed by atoms with Crippen LogP contribution in [0.2, 0.25) is 0 Å². The first-order valence-electron chi connectivity index (χ1n) is 7.62. The molecule has 2 amide bonds. The molecule has 1 unspecified atom stereocenters. The lowest BCUT2D eigenvalue weighted by molar-refractivity contribution is 0.214. The molecule has 1 heterocycles. The van der Waals surface area contributed by atoms with Crippen molar-refractivity contribution in [3.8, 4) is 5.75 Å². The second-order valence-electron chi connectivity index (χ2n) is 5.49. The highest BCUT2D eigenvalue weighted by Gasteiger charge is 2.20. The first kappa shape index (κ1) is 15.7. The summed E-state index contributed by atoms with van der Waals surface area (Å²) in [6, 6.07) is 16.0. The maximum absolute atomic E-state index is 12.0. The topological polar surface area (TPSA) is 50.4 Å². The summed E-state index contributed by atoms with van der Waals surface area (Å²) in [4.78, 5) is 13.3. The summed E-state index contributed by atoms with van der Waals surface area (Å²) in [5.74, 6) is 0.917. The van der Waals surface area contributed by atoms with Crippen LogP contribution >= 0.6 is 11.8 Å². The van der Waals surface area contributed by atoms with Crippen LogP contribution in [-0.4, -0.2) is 24.9 Å². The molecule has 0 saturated heterocycles. The summed E-state index contributed by atoms with van der Waals surface area (Å²) in [5.41, 5.74) is 2.22. The maximum Gasteiger partial charge on any atom is 0.315 e. The van der Waals surface area contributed by atoms with E-state index >= 15 is 0 Å². The average molecular weight is 328 g/mol. The number of rotatable bonds is 4. The molecule has 0 saturated carbocycles. The first-order chi connectivity index (χ1) is 11.2. The maximum atomic E-state index is 12.0. The predicted octanol–water partition coefficient (Wildman–Crippen LogP) is 3.21. The molecule has 1 aliphatic rings. The molecule has 1 aliphatic heterocycles. The van der Waals surface area contributed by atoms with Crippen molar-refractivity contribution in [2.24, 2.45) is 0 Å². The zero-order chi connectivity index (χ0) is 16.1. The number of hydrogen-bond acceptors (Lipinski definition) is 3. The summed E-state index contributed by atoms with van der Waals surface area (Å²) in [6.07, 6.45) is 2.84. The minimum Gasteiger partial charge on any atom is -0.491 e. The average Bonchev–Trinajstić information content (AvgIpc) is 2.60. The molecule has 0 aliphatic carbocycles.